The molecule has 1 amide bonds. The van der Waals surface area contributed by atoms with Crippen molar-refractivity contribution in [1.82, 2.24) is 10.3 Å². The summed E-state index contributed by atoms with van der Waals surface area (Å²) >= 11 is 1.20. The van der Waals surface area contributed by atoms with E-state index >= 15 is 0 Å². The van der Waals surface area contributed by atoms with Gasteiger partial charge < -0.3 is 10.1 Å². The van der Waals surface area contributed by atoms with Gasteiger partial charge in [-0.1, -0.05) is 30.3 Å². The van der Waals surface area contributed by atoms with Gasteiger partial charge in [0, 0.05) is 24.4 Å². The zero-order valence-electron chi connectivity index (χ0n) is 16.2. The molecule has 0 radical (unpaired) electrons. The Kier molecular flexibility index (Phi) is 6.19. The lowest BCUT2D eigenvalue weighted by Gasteiger charge is -2.10. The van der Waals surface area contributed by atoms with Gasteiger partial charge in [0.05, 0.1) is 12.8 Å². The molecule has 0 bridgehead atoms. The van der Waals surface area contributed by atoms with E-state index in [1.54, 1.807) is 23.6 Å². The van der Waals surface area contributed by atoms with E-state index in [-0.39, 0.29) is 21.7 Å². The van der Waals surface area contributed by atoms with Crippen molar-refractivity contribution >= 4 is 32.4 Å². The summed E-state index contributed by atoms with van der Waals surface area (Å²) in [6.07, 6.45) is 0. The van der Waals surface area contributed by atoms with Gasteiger partial charge in [-0.2, -0.15) is 0 Å². The molecule has 0 saturated carbocycles. The van der Waals surface area contributed by atoms with Crippen LogP contribution < -0.4 is 14.8 Å². The molecule has 29 heavy (non-hydrogen) atoms. The number of anilines is 1. The molecule has 0 spiro atoms. The number of benzene rings is 2. The average molecular weight is 432 g/mol. The fourth-order valence-corrected chi connectivity index (χ4v) is 4.86. The lowest BCUT2D eigenvalue weighted by atomic mass is 10.1. The Morgan fingerprint density at radius 2 is 1.90 bits per heavy atom. The fraction of sp³-hybridized carbons (Fsp3) is 0.200. The van der Waals surface area contributed by atoms with E-state index < -0.39 is 10.0 Å². The SMILES string of the molecule is COc1ccc(C)cc1S(=O)(=O)Nc1nc(-c2ccc(CNC(C)=O)cc2)cs1. The van der Waals surface area contributed by atoms with E-state index in [2.05, 4.69) is 15.0 Å². The lowest BCUT2D eigenvalue weighted by molar-refractivity contribution is -0.119. The number of nitrogens with zero attached hydrogens (tertiary/aromatic N) is 1. The maximum Gasteiger partial charge on any atom is 0.267 e. The topological polar surface area (TPSA) is 97.4 Å². The predicted octanol–water partition coefficient (Wildman–Crippen LogP) is 3.56. The van der Waals surface area contributed by atoms with Crippen molar-refractivity contribution in [3.8, 4) is 17.0 Å². The maximum atomic E-state index is 12.8. The number of aromatic nitrogens is 1. The van der Waals surface area contributed by atoms with Crippen molar-refractivity contribution in [1.29, 1.82) is 0 Å². The minimum atomic E-state index is -3.84. The van der Waals surface area contributed by atoms with E-state index in [1.807, 2.05) is 31.2 Å². The monoisotopic (exact) mass is 431 g/mol. The Morgan fingerprint density at radius 3 is 2.55 bits per heavy atom. The number of amides is 1. The number of carbonyl (C=O) groups is 1. The van der Waals surface area contributed by atoms with Gasteiger partial charge in [-0.3, -0.25) is 9.52 Å². The van der Waals surface area contributed by atoms with Crippen molar-refractivity contribution in [2.45, 2.75) is 25.3 Å². The summed E-state index contributed by atoms with van der Waals surface area (Å²) in [7, 11) is -2.41. The Hall–Kier alpha value is -2.91. The van der Waals surface area contributed by atoms with E-state index in [4.69, 9.17) is 4.74 Å². The number of hydrogen-bond donors (Lipinski definition) is 2. The molecule has 2 aromatic carbocycles. The molecule has 0 fully saturated rings. The van der Waals surface area contributed by atoms with Gasteiger partial charge in [-0.05, 0) is 30.2 Å². The molecular formula is C20H21N3O4S2. The number of methoxy groups -OCH3 is 1. The van der Waals surface area contributed by atoms with Crippen LogP contribution in [0, 0.1) is 6.92 Å². The quantitative estimate of drug-likeness (QED) is 0.596. The molecule has 0 aliphatic rings. The van der Waals surface area contributed by atoms with Gasteiger partial charge in [0.2, 0.25) is 5.91 Å². The number of ether oxygens (including phenoxy) is 1. The fourth-order valence-electron chi connectivity index (χ4n) is 2.64. The van der Waals surface area contributed by atoms with E-state index in [0.29, 0.717) is 12.2 Å². The minimum Gasteiger partial charge on any atom is -0.495 e. The number of hydrogen-bond acceptors (Lipinski definition) is 6. The van der Waals surface area contributed by atoms with Crippen LogP contribution in [0.2, 0.25) is 0 Å². The van der Waals surface area contributed by atoms with Crippen molar-refractivity contribution in [3.63, 3.8) is 0 Å². The number of carbonyl (C=O) groups excluding carboxylic acids is 1. The Balaban J connectivity index is 1.78. The van der Waals surface area contributed by atoms with Gasteiger partial charge in [0.1, 0.15) is 10.6 Å². The van der Waals surface area contributed by atoms with Crippen LogP contribution in [0.25, 0.3) is 11.3 Å². The maximum absolute atomic E-state index is 12.8. The molecule has 0 aliphatic carbocycles. The number of aryl methyl sites for hydroxylation is 1. The molecule has 0 aliphatic heterocycles. The number of nitrogens with one attached hydrogen (secondary N) is 2. The highest BCUT2D eigenvalue weighted by Crippen LogP contribution is 2.30. The second-order valence-electron chi connectivity index (χ2n) is 6.40. The smallest absolute Gasteiger partial charge is 0.267 e. The first-order valence-electron chi connectivity index (χ1n) is 8.75. The van der Waals surface area contributed by atoms with Crippen molar-refractivity contribution < 1.29 is 17.9 Å². The van der Waals surface area contributed by atoms with Crippen LogP contribution in [0.5, 0.6) is 5.75 Å². The van der Waals surface area contributed by atoms with Crippen LogP contribution in [0.3, 0.4) is 0 Å². The Labute approximate surface area is 173 Å². The third-order valence-electron chi connectivity index (χ3n) is 4.13. The van der Waals surface area contributed by atoms with Gasteiger partial charge >= 0.3 is 0 Å². The molecule has 2 N–H and O–H groups in total. The molecular weight excluding hydrogens is 410 g/mol. The summed E-state index contributed by atoms with van der Waals surface area (Å²) in [5, 5.41) is 4.80. The normalized spacial score (nSPS) is 11.1. The Morgan fingerprint density at radius 1 is 1.17 bits per heavy atom. The summed E-state index contributed by atoms with van der Waals surface area (Å²) in [5.41, 5.74) is 3.29. The summed E-state index contributed by atoms with van der Waals surface area (Å²) in [4.78, 5) is 15.5. The summed E-state index contributed by atoms with van der Waals surface area (Å²) < 4.78 is 33.3. The molecule has 1 aromatic heterocycles. The number of thiazole rings is 1. The van der Waals surface area contributed by atoms with Crippen molar-refractivity contribution in [3.05, 3.63) is 59.0 Å². The molecule has 0 saturated heterocycles. The second-order valence-corrected chi connectivity index (χ2v) is 8.91. The van der Waals surface area contributed by atoms with Crippen LogP contribution in [0.15, 0.2) is 52.7 Å². The van der Waals surface area contributed by atoms with Crippen LogP contribution in [-0.4, -0.2) is 26.4 Å². The first-order valence-corrected chi connectivity index (χ1v) is 11.1. The van der Waals surface area contributed by atoms with Crippen LogP contribution in [0.1, 0.15) is 18.1 Å². The third-order valence-corrected chi connectivity index (χ3v) is 6.37. The highest BCUT2D eigenvalue weighted by atomic mass is 32.2. The van der Waals surface area contributed by atoms with Crippen LogP contribution in [-0.2, 0) is 21.4 Å². The molecule has 9 heteroatoms. The first kappa shape index (κ1) is 20.8. The van der Waals surface area contributed by atoms with Gasteiger partial charge in [0.15, 0.2) is 5.13 Å². The highest BCUT2D eigenvalue weighted by Gasteiger charge is 2.21. The van der Waals surface area contributed by atoms with Crippen LogP contribution in [0.4, 0.5) is 5.13 Å². The molecule has 0 atom stereocenters. The van der Waals surface area contributed by atoms with Crippen LogP contribution >= 0.6 is 11.3 Å². The molecule has 1 heterocycles. The summed E-state index contributed by atoms with van der Waals surface area (Å²) in [6, 6.07) is 12.5. The van der Waals surface area contributed by atoms with Crippen molar-refractivity contribution in [2.24, 2.45) is 0 Å². The standard InChI is InChI=1S/C20H21N3O4S2/c1-13-4-9-18(27-3)19(10-13)29(25,26)23-20-22-17(12-28-20)16-7-5-15(6-8-16)11-21-14(2)24/h4-10,12H,11H2,1-3H3,(H,21,24)(H,22,23). The minimum absolute atomic E-state index is 0.0686. The largest absolute Gasteiger partial charge is 0.495 e. The van der Waals surface area contributed by atoms with Gasteiger partial charge in [-0.25, -0.2) is 13.4 Å². The zero-order chi connectivity index (χ0) is 21.0. The van der Waals surface area contributed by atoms with E-state index in [0.717, 1.165) is 16.7 Å². The zero-order valence-corrected chi connectivity index (χ0v) is 17.9. The van der Waals surface area contributed by atoms with E-state index in [9.17, 15) is 13.2 Å². The summed E-state index contributed by atoms with van der Waals surface area (Å²) in [5.74, 6) is 0.186. The van der Waals surface area contributed by atoms with Crippen molar-refractivity contribution in [2.75, 3.05) is 11.8 Å². The predicted molar refractivity (Wildman–Crippen MR) is 114 cm³/mol. The van der Waals surface area contributed by atoms with Gasteiger partial charge in [0.25, 0.3) is 10.0 Å². The highest BCUT2D eigenvalue weighted by molar-refractivity contribution is 7.93. The molecule has 3 rings (SSSR count). The number of sulfonamides is 1. The second kappa shape index (κ2) is 8.62. The molecule has 7 nitrogen and oxygen atoms in total. The van der Waals surface area contributed by atoms with Gasteiger partial charge in [-0.15, -0.1) is 11.3 Å². The summed E-state index contributed by atoms with van der Waals surface area (Å²) in [6.45, 7) is 3.74. The molecule has 152 valence electrons. The number of rotatable bonds is 7. The molecule has 0 unspecified atom stereocenters. The average Bonchev–Trinajstić information content (AvgIpc) is 3.14. The first-order chi connectivity index (χ1) is 13.8. The third kappa shape index (κ3) is 5.12. The Bertz CT molecular complexity index is 1120. The molecule has 3 aromatic rings. The lowest BCUT2D eigenvalue weighted by Crippen LogP contribution is -2.18. The van der Waals surface area contributed by atoms with E-state index in [1.165, 1.54) is 25.4 Å².